The van der Waals surface area contributed by atoms with Crippen molar-refractivity contribution in [1.82, 2.24) is 0 Å². The maximum Gasteiger partial charge on any atom is 0.363 e. The molecule has 0 amide bonds. The smallest absolute Gasteiger partial charge is 0.363 e. The summed E-state index contributed by atoms with van der Waals surface area (Å²) < 4.78 is 5.67. The Bertz CT molecular complexity index is 727. The number of carbonyl (C=O) groups is 1. The van der Waals surface area contributed by atoms with E-state index in [2.05, 4.69) is 4.99 Å². The fourth-order valence-corrected chi connectivity index (χ4v) is 5.85. The van der Waals surface area contributed by atoms with Crippen LogP contribution in [0.1, 0.15) is 44.1 Å². The Labute approximate surface area is 146 Å². The van der Waals surface area contributed by atoms with Crippen molar-refractivity contribution >= 4 is 29.5 Å². The van der Waals surface area contributed by atoms with E-state index in [1.165, 1.54) is 19.3 Å². The van der Waals surface area contributed by atoms with Gasteiger partial charge < -0.3 is 4.74 Å². The molecular formula is C20H20ClNO2. The molecule has 0 saturated heterocycles. The summed E-state index contributed by atoms with van der Waals surface area (Å²) in [5.41, 5.74) is 1.37. The summed E-state index contributed by atoms with van der Waals surface area (Å²) in [6.45, 7) is 0. The largest absolute Gasteiger partial charge is 0.406 e. The first-order valence-electron chi connectivity index (χ1n) is 8.88. The van der Waals surface area contributed by atoms with Gasteiger partial charge in [-0.15, -0.1) is 0 Å². The Balaban J connectivity index is 1.47. The van der Waals surface area contributed by atoms with Crippen LogP contribution in [-0.2, 0) is 9.53 Å². The van der Waals surface area contributed by atoms with Crippen LogP contribution in [0.4, 0.5) is 0 Å². The Hall–Kier alpha value is -1.61. The first-order valence-corrected chi connectivity index (χ1v) is 9.26. The van der Waals surface area contributed by atoms with Crippen LogP contribution in [-0.4, -0.2) is 11.9 Å². The normalized spacial score (nSPS) is 38.5. The molecule has 4 fully saturated rings. The van der Waals surface area contributed by atoms with E-state index >= 15 is 0 Å². The molecule has 1 aliphatic heterocycles. The van der Waals surface area contributed by atoms with Gasteiger partial charge in [0.15, 0.2) is 5.70 Å². The van der Waals surface area contributed by atoms with Crippen LogP contribution in [0.5, 0.6) is 0 Å². The molecule has 1 heterocycles. The molecule has 0 N–H and O–H groups in total. The zero-order valence-corrected chi connectivity index (χ0v) is 14.3. The molecule has 124 valence electrons. The number of esters is 1. The van der Waals surface area contributed by atoms with E-state index in [0.29, 0.717) is 16.6 Å². The minimum atomic E-state index is -0.310. The third-order valence-electron chi connectivity index (χ3n) is 6.29. The minimum absolute atomic E-state index is 0.0278. The SMILES string of the molecule is O=C1OC(C23CC4CC(CC(C4)C2)C3)=N/C1=C\c1ccc(Cl)cc1. The second-order valence-corrected chi connectivity index (χ2v) is 8.52. The molecule has 1 aromatic carbocycles. The molecule has 5 aliphatic rings. The highest BCUT2D eigenvalue weighted by atomic mass is 35.5. The fourth-order valence-electron chi connectivity index (χ4n) is 5.73. The molecule has 0 spiro atoms. The van der Waals surface area contributed by atoms with Gasteiger partial charge in [-0.25, -0.2) is 9.79 Å². The zero-order valence-electron chi connectivity index (χ0n) is 13.5. The van der Waals surface area contributed by atoms with Crippen LogP contribution in [0.3, 0.4) is 0 Å². The number of hydrogen-bond acceptors (Lipinski definition) is 3. The lowest BCUT2D eigenvalue weighted by Gasteiger charge is -2.55. The molecule has 4 bridgehead atoms. The number of benzene rings is 1. The second-order valence-electron chi connectivity index (χ2n) is 8.09. The van der Waals surface area contributed by atoms with Gasteiger partial charge in [-0.3, -0.25) is 0 Å². The van der Waals surface area contributed by atoms with Crippen LogP contribution in [0.2, 0.25) is 5.02 Å². The maximum atomic E-state index is 12.3. The van der Waals surface area contributed by atoms with Crippen LogP contribution in [0.15, 0.2) is 35.0 Å². The summed E-state index contributed by atoms with van der Waals surface area (Å²) in [4.78, 5) is 17.0. The van der Waals surface area contributed by atoms with E-state index in [1.54, 1.807) is 6.08 Å². The first kappa shape index (κ1) is 14.7. The predicted octanol–water partition coefficient (Wildman–Crippen LogP) is 4.85. The van der Waals surface area contributed by atoms with Crippen molar-refractivity contribution in [2.45, 2.75) is 38.5 Å². The number of carbonyl (C=O) groups excluding carboxylic acids is 1. The second kappa shape index (κ2) is 5.19. The summed E-state index contributed by atoms with van der Waals surface area (Å²) in [5.74, 6) is 2.81. The quantitative estimate of drug-likeness (QED) is 0.569. The topological polar surface area (TPSA) is 38.7 Å². The number of nitrogens with zero attached hydrogens (tertiary/aromatic N) is 1. The molecule has 1 aromatic rings. The molecule has 0 atom stereocenters. The fraction of sp³-hybridized carbons (Fsp3) is 0.500. The van der Waals surface area contributed by atoms with Crippen LogP contribution in [0, 0.1) is 23.2 Å². The van der Waals surface area contributed by atoms with E-state index in [0.717, 1.165) is 42.6 Å². The van der Waals surface area contributed by atoms with Crippen molar-refractivity contribution in [3.05, 3.63) is 40.5 Å². The monoisotopic (exact) mass is 341 g/mol. The van der Waals surface area contributed by atoms with E-state index in [9.17, 15) is 4.79 Å². The highest BCUT2D eigenvalue weighted by Gasteiger charge is 2.55. The lowest BCUT2D eigenvalue weighted by Crippen LogP contribution is -2.50. The van der Waals surface area contributed by atoms with Gasteiger partial charge in [0.1, 0.15) is 0 Å². The molecule has 4 aliphatic carbocycles. The lowest BCUT2D eigenvalue weighted by atomic mass is 9.49. The molecule has 6 rings (SSSR count). The summed E-state index contributed by atoms with van der Waals surface area (Å²) in [6.07, 6.45) is 9.36. The van der Waals surface area contributed by atoms with Gasteiger partial charge in [0.2, 0.25) is 5.90 Å². The van der Waals surface area contributed by atoms with E-state index in [1.807, 2.05) is 24.3 Å². The van der Waals surface area contributed by atoms with Crippen molar-refractivity contribution in [1.29, 1.82) is 0 Å². The van der Waals surface area contributed by atoms with E-state index in [-0.39, 0.29) is 11.4 Å². The molecule has 4 saturated carbocycles. The summed E-state index contributed by atoms with van der Waals surface area (Å²) in [7, 11) is 0. The molecule has 3 nitrogen and oxygen atoms in total. The Morgan fingerprint density at radius 3 is 2.21 bits per heavy atom. The summed E-state index contributed by atoms with van der Waals surface area (Å²) in [6, 6.07) is 7.41. The molecule has 24 heavy (non-hydrogen) atoms. The zero-order chi connectivity index (χ0) is 16.3. The number of aliphatic imine (C=N–C) groups is 1. The van der Waals surface area contributed by atoms with Gasteiger partial charge >= 0.3 is 5.97 Å². The van der Waals surface area contributed by atoms with Crippen molar-refractivity contribution < 1.29 is 9.53 Å². The number of halogens is 1. The molecule has 0 aromatic heterocycles. The van der Waals surface area contributed by atoms with Crippen molar-refractivity contribution in [3.63, 3.8) is 0 Å². The predicted molar refractivity (Wildman–Crippen MR) is 93.6 cm³/mol. The van der Waals surface area contributed by atoms with Crippen molar-refractivity contribution in [2.24, 2.45) is 28.2 Å². The van der Waals surface area contributed by atoms with Gasteiger partial charge in [0.25, 0.3) is 0 Å². The number of rotatable bonds is 2. The standard InChI is InChI=1S/C20H20ClNO2/c21-16-3-1-12(2-4-16)8-17-18(23)24-19(22-17)20-9-13-5-14(10-20)7-15(6-13)11-20/h1-4,8,13-15H,5-7,9-11H2/b17-8-. The van der Waals surface area contributed by atoms with Crippen LogP contribution in [0.25, 0.3) is 6.08 Å². The van der Waals surface area contributed by atoms with Gasteiger partial charge in [-0.05, 0) is 80.1 Å². The summed E-state index contributed by atoms with van der Waals surface area (Å²) in [5, 5.41) is 0.684. The van der Waals surface area contributed by atoms with Gasteiger partial charge in [-0.1, -0.05) is 23.7 Å². The third-order valence-corrected chi connectivity index (χ3v) is 6.54. The van der Waals surface area contributed by atoms with Crippen LogP contribution < -0.4 is 0 Å². The number of hydrogen-bond donors (Lipinski definition) is 0. The van der Waals surface area contributed by atoms with E-state index in [4.69, 9.17) is 16.3 Å². The first-order chi connectivity index (χ1) is 11.6. The third kappa shape index (κ3) is 2.33. The molecule has 4 heteroatoms. The Morgan fingerprint density at radius 2 is 1.62 bits per heavy atom. The van der Waals surface area contributed by atoms with Crippen molar-refractivity contribution in [2.75, 3.05) is 0 Å². The van der Waals surface area contributed by atoms with E-state index < -0.39 is 0 Å². The maximum absolute atomic E-state index is 12.3. The molecule has 0 unspecified atom stereocenters. The van der Waals surface area contributed by atoms with Gasteiger partial charge in [0.05, 0.1) is 0 Å². The molecule has 0 radical (unpaired) electrons. The average molecular weight is 342 g/mol. The Kier molecular flexibility index (Phi) is 3.18. The minimum Gasteiger partial charge on any atom is -0.406 e. The lowest BCUT2D eigenvalue weighted by molar-refractivity contribution is -0.131. The average Bonchev–Trinajstić information content (AvgIpc) is 2.90. The molecular weight excluding hydrogens is 322 g/mol. The Morgan fingerprint density at radius 1 is 1.04 bits per heavy atom. The van der Waals surface area contributed by atoms with Crippen LogP contribution >= 0.6 is 11.6 Å². The van der Waals surface area contributed by atoms with Gasteiger partial charge in [-0.2, -0.15) is 0 Å². The van der Waals surface area contributed by atoms with Crippen molar-refractivity contribution in [3.8, 4) is 0 Å². The highest BCUT2D eigenvalue weighted by molar-refractivity contribution is 6.30. The number of cyclic esters (lactones) is 1. The number of ether oxygens (including phenoxy) is 1. The van der Waals surface area contributed by atoms with Gasteiger partial charge in [0, 0.05) is 10.4 Å². The highest BCUT2D eigenvalue weighted by Crippen LogP contribution is 2.61. The summed E-state index contributed by atoms with van der Waals surface area (Å²) >= 11 is 5.92.